The number of benzene rings is 1. The second-order valence-electron chi connectivity index (χ2n) is 7.82. The van der Waals surface area contributed by atoms with Crippen molar-refractivity contribution >= 4 is 0 Å². The van der Waals surface area contributed by atoms with Crippen molar-refractivity contribution < 1.29 is 18.9 Å². The van der Waals surface area contributed by atoms with Crippen molar-refractivity contribution in [3.05, 3.63) is 23.8 Å². The zero-order chi connectivity index (χ0) is 20.2. The summed E-state index contributed by atoms with van der Waals surface area (Å²) in [5, 5.41) is 0. The van der Waals surface area contributed by atoms with Gasteiger partial charge in [0.15, 0.2) is 11.5 Å². The van der Waals surface area contributed by atoms with E-state index in [0.29, 0.717) is 0 Å². The minimum absolute atomic E-state index is 0.273. The van der Waals surface area contributed by atoms with E-state index in [9.17, 15) is 0 Å². The Bertz CT molecular complexity index is 554. The number of ether oxygens (including phenoxy) is 4. The summed E-state index contributed by atoms with van der Waals surface area (Å²) in [6, 6.07) is 6.11. The Kier molecular flexibility index (Phi) is 10.3. The smallest absolute Gasteiger partial charge is 0.200 e. The first-order chi connectivity index (χ1) is 13.7. The van der Waals surface area contributed by atoms with Crippen molar-refractivity contribution in [3.8, 4) is 11.5 Å². The maximum Gasteiger partial charge on any atom is 0.200 e. The number of hydrogen-bond donors (Lipinski definition) is 0. The van der Waals surface area contributed by atoms with Crippen molar-refractivity contribution in [2.75, 3.05) is 27.4 Å². The molecule has 1 aliphatic heterocycles. The molecule has 0 bridgehead atoms. The van der Waals surface area contributed by atoms with Crippen LogP contribution in [0.15, 0.2) is 18.2 Å². The second-order valence-corrected chi connectivity index (χ2v) is 7.82. The first kappa shape index (κ1) is 23.2. The molecule has 0 aliphatic carbocycles. The summed E-state index contributed by atoms with van der Waals surface area (Å²) >= 11 is 0. The third-order valence-electron chi connectivity index (χ3n) is 5.76. The maximum absolute atomic E-state index is 6.08. The van der Waals surface area contributed by atoms with Gasteiger partial charge < -0.3 is 18.9 Å². The Hall–Kier alpha value is -1.10. The molecule has 1 aromatic carbocycles. The molecule has 0 N–H and O–H groups in total. The van der Waals surface area contributed by atoms with Crippen LogP contribution >= 0.6 is 0 Å². The molecule has 4 heteroatoms. The predicted octanol–water partition coefficient (Wildman–Crippen LogP) is 6.81. The highest BCUT2D eigenvalue weighted by Gasteiger charge is 2.46. The summed E-state index contributed by atoms with van der Waals surface area (Å²) in [6.07, 6.45) is 11.9. The van der Waals surface area contributed by atoms with E-state index < -0.39 is 5.79 Å². The van der Waals surface area contributed by atoms with E-state index in [0.717, 1.165) is 56.0 Å². The lowest BCUT2D eigenvalue weighted by atomic mass is 9.83. The van der Waals surface area contributed by atoms with E-state index >= 15 is 0 Å². The van der Waals surface area contributed by atoms with Crippen LogP contribution in [0.1, 0.15) is 83.6 Å². The molecule has 28 heavy (non-hydrogen) atoms. The van der Waals surface area contributed by atoms with Crippen molar-refractivity contribution in [2.45, 2.75) is 83.8 Å². The van der Waals surface area contributed by atoms with Crippen molar-refractivity contribution in [1.82, 2.24) is 0 Å². The largest absolute Gasteiger partial charge is 0.449 e. The average Bonchev–Trinajstić information content (AvgIpc) is 3.51. The second kappa shape index (κ2) is 12.5. The van der Waals surface area contributed by atoms with Crippen LogP contribution in [-0.2, 0) is 20.0 Å². The normalized spacial score (nSPS) is 13.9. The number of unbranched alkanes of at least 4 members (excludes halogenated alkanes) is 5. The van der Waals surface area contributed by atoms with Crippen LogP contribution in [0.4, 0.5) is 0 Å². The molecule has 160 valence electrons. The Labute approximate surface area is 171 Å². The van der Waals surface area contributed by atoms with Crippen LogP contribution in [0, 0.1) is 5.92 Å². The maximum atomic E-state index is 6.08. The molecule has 1 atom stereocenters. The molecule has 1 aliphatic rings. The molecule has 1 unspecified atom stereocenters. The number of methoxy groups -OCH3 is 2. The molecular formula is C24H40O4. The van der Waals surface area contributed by atoms with Gasteiger partial charge in [-0.15, -0.1) is 0 Å². The monoisotopic (exact) mass is 392 g/mol. The summed E-state index contributed by atoms with van der Waals surface area (Å²) < 4.78 is 23.5. The lowest BCUT2D eigenvalue weighted by molar-refractivity contribution is -0.253. The fourth-order valence-electron chi connectivity index (χ4n) is 4.19. The van der Waals surface area contributed by atoms with Crippen molar-refractivity contribution in [2.24, 2.45) is 5.92 Å². The fraction of sp³-hybridized carbons (Fsp3) is 0.750. The Morgan fingerprint density at radius 2 is 1.57 bits per heavy atom. The molecule has 0 saturated heterocycles. The average molecular weight is 393 g/mol. The van der Waals surface area contributed by atoms with E-state index in [1.165, 1.54) is 38.5 Å². The van der Waals surface area contributed by atoms with Crippen LogP contribution in [0.2, 0.25) is 0 Å². The third-order valence-corrected chi connectivity index (χ3v) is 5.76. The Balaban J connectivity index is 2.04. The molecule has 0 radical (unpaired) electrons. The van der Waals surface area contributed by atoms with Crippen LogP contribution in [0.25, 0.3) is 0 Å². The molecule has 1 aromatic rings. The van der Waals surface area contributed by atoms with Gasteiger partial charge in [0.2, 0.25) is 5.79 Å². The summed E-state index contributed by atoms with van der Waals surface area (Å²) in [5.74, 6) is 1.40. The van der Waals surface area contributed by atoms with E-state index in [4.69, 9.17) is 18.9 Å². The standard InChI is InChI=1S/C24H40O4/c1-5-7-8-9-10-11-14-20(15-13-19-27-18-6-2)24(25-3,26-4)21-16-12-17-22-23(21)28-22/h12,16-17,20H,5-11,13-15,18-19H2,1-4H3. The van der Waals surface area contributed by atoms with E-state index in [-0.39, 0.29) is 5.92 Å². The van der Waals surface area contributed by atoms with E-state index in [1.54, 1.807) is 14.2 Å². The van der Waals surface area contributed by atoms with E-state index in [2.05, 4.69) is 19.9 Å². The van der Waals surface area contributed by atoms with E-state index in [1.807, 2.05) is 12.1 Å². The molecule has 0 spiro atoms. The highest BCUT2D eigenvalue weighted by Crippen LogP contribution is 2.54. The zero-order valence-electron chi connectivity index (χ0n) is 18.4. The van der Waals surface area contributed by atoms with Gasteiger partial charge in [-0.1, -0.05) is 58.4 Å². The molecule has 1 heterocycles. The molecule has 0 fully saturated rings. The van der Waals surface area contributed by atoms with Crippen molar-refractivity contribution in [1.29, 1.82) is 0 Å². The molecule has 2 rings (SSSR count). The van der Waals surface area contributed by atoms with Crippen LogP contribution in [0.5, 0.6) is 11.5 Å². The zero-order valence-corrected chi connectivity index (χ0v) is 18.4. The quantitative estimate of drug-likeness (QED) is 0.168. The molecule has 4 nitrogen and oxygen atoms in total. The molecular weight excluding hydrogens is 352 g/mol. The SMILES string of the molecule is CCCCCCCCC(CCCOCCC)C(OC)(OC)c1cccc2c1O2. The van der Waals surface area contributed by atoms with Gasteiger partial charge >= 0.3 is 0 Å². The Morgan fingerprint density at radius 1 is 0.857 bits per heavy atom. The number of rotatable bonds is 17. The third kappa shape index (κ3) is 6.20. The van der Waals surface area contributed by atoms with Crippen LogP contribution < -0.4 is 4.74 Å². The van der Waals surface area contributed by atoms with Gasteiger partial charge in [-0.25, -0.2) is 0 Å². The van der Waals surface area contributed by atoms with Gasteiger partial charge in [0.1, 0.15) is 0 Å². The minimum atomic E-state index is -0.754. The first-order valence-corrected chi connectivity index (χ1v) is 11.2. The van der Waals surface area contributed by atoms with Gasteiger partial charge in [-0.2, -0.15) is 0 Å². The van der Waals surface area contributed by atoms with Gasteiger partial charge in [0.25, 0.3) is 0 Å². The first-order valence-electron chi connectivity index (χ1n) is 11.2. The van der Waals surface area contributed by atoms with Crippen LogP contribution in [0.3, 0.4) is 0 Å². The molecule has 0 aromatic heterocycles. The van der Waals surface area contributed by atoms with Gasteiger partial charge in [-0.3, -0.25) is 0 Å². The van der Waals surface area contributed by atoms with Gasteiger partial charge in [0, 0.05) is 33.4 Å². The van der Waals surface area contributed by atoms with Gasteiger partial charge in [-0.05, 0) is 37.8 Å². The summed E-state index contributed by atoms with van der Waals surface area (Å²) in [6.45, 7) is 6.04. The highest BCUT2D eigenvalue weighted by atomic mass is 16.7. The number of hydrogen-bond acceptors (Lipinski definition) is 4. The van der Waals surface area contributed by atoms with Crippen molar-refractivity contribution in [3.63, 3.8) is 0 Å². The van der Waals surface area contributed by atoms with Gasteiger partial charge in [0.05, 0.1) is 5.56 Å². The summed E-state index contributed by atoms with van der Waals surface area (Å²) in [4.78, 5) is 0. The highest BCUT2D eigenvalue weighted by molar-refractivity contribution is 5.60. The Morgan fingerprint density at radius 3 is 2.29 bits per heavy atom. The minimum Gasteiger partial charge on any atom is -0.449 e. The van der Waals surface area contributed by atoms with Crippen LogP contribution in [-0.4, -0.2) is 27.4 Å². The molecule has 0 amide bonds. The lowest BCUT2D eigenvalue weighted by Crippen LogP contribution is -2.39. The molecule has 0 saturated carbocycles. The summed E-state index contributed by atoms with van der Waals surface area (Å²) in [5.41, 5.74) is 1.03. The fourth-order valence-corrected chi connectivity index (χ4v) is 4.19. The lowest BCUT2D eigenvalue weighted by Gasteiger charge is -2.38. The topological polar surface area (TPSA) is 40.2 Å². The summed E-state index contributed by atoms with van der Waals surface area (Å²) in [7, 11) is 3.51. The number of fused-ring (bicyclic) bond motifs is 1. The predicted molar refractivity (Wildman–Crippen MR) is 114 cm³/mol. The number of para-hydroxylation sites is 1.